The van der Waals surface area contributed by atoms with Crippen LogP contribution in [0.3, 0.4) is 0 Å². The lowest BCUT2D eigenvalue weighted by atomic mass is 10.3. The summed E-state index contributed by atoms with van der Waals surface area (Å²) in [6.45, 7) is 2.37. The van der Waals surface area contributed by atoms with Gasteiger partial charge in [-0.25, -0.2) is 13.4 Å². The summed E-state index contributed by atoms with van der Waals surface area (Å²) in [7, 11) is -3.71. The van der Waals surface area contributed by atoms with E-state index in [1.54, 1.807) is 17.4 Å². The zero-order valence-corrected chi connectivity index (χ0v) is 17.3. The number of nitrogens with zero attached hydrogens (tertiary/aromatic N) is 2. The largest absolute Gasteiger partial charge is 0.354 e. The molecule has 6 nitrogen and oxygen atoms in total. The third-order valence-corrected chi connectivity index (χ3v) is 9.15. The molecule has 1 fully saturated rings. The molecule has 0 saturated carbocycles. The molecule has 3 heterocycles. The first-order chi connectivity index (χ1) is 11.9. The number of thioether (sulfide) groups is 1. The molecule has 1 aliphatic heterocycles. The van der Waals surface area contributed by atoms with Gasteiger partial charge in [-0.3, -0.25) is 4.79 Å². The fourth-order valence-electron chi connectivity index (χ4n) is 2.38. The molecular weight excluding hydrogens is 422 g/mol. The number of aryl methyl sites for hydroxylation is 1. The lowest BCUT2D eigenvalue weighted by Gasteiger charge is -2.21. The highest BCUT2D eigenvalue weighted by Gasteiger charge is 2.40. The average molecular weight is 438 g/mol. The van der Waals surface area contributed by atoms with Gasteiger partial charge >= 0.3 is 0 Å². The lowest BCUT2D eigenvalue weighted by Crippen LogP contribution is -2.47. The van der Waals surface area contributed by atoms with Gasteiger partial charge in [0.05, 0.1) is 20.9 Å². The second kappa shape index (κ2) is 7.93. The van der Waals surface area contributed by atoms with E-state index in [1.165, 1.54) is 22.1 Å². The molecule has 136 valence electrons. The van der Waals surface area contributed by atoms with Gasteiger partial charge in [0.15, 0.2) is 0 Å². The number of halogens is 1. The van der Waals surface area contributed by atoms with Crippen LogP contribution < -0.4 is 5.32 Å². The van der Waals surface area contributed by atoms with Crippen molar-refractivity contribution >= 4 is 62.0 Å². The Hall–Kier alpha value is -0.650. The minimum atomic E-state index is -3.71. The second-order valence-corrected chi connectivity index (χ2v) is 11.3. The molecular formula is C14H16ClN3O3S4. The number of hydrogen-bond acceptors (Lipinski definition) is 7. The van der Waals surface area contributed by atoms with E-state index >= 15 is 0 Å². The number of thiazole rings is 1. The monoisotopic (exact) mass is 437 g/mol. The van der Waals surface area contributed by atoms with Crippen molar-refractivity contribution < 1.29 is 13.2 Å². The molecule has 3 rings (SSSR count). The zero-order chi connectivity index (χ0) is 18.0. The molecule has 2 aromatic heterocycles. The van der Waals surface area contributed by atoms with Crippen LogP contribution in [0.4, 0.5) is 0 Å². The van der Waals surface area contributed by atoms with Crippen molar-refractivity contribution in [3.63, 3.8) is 0 Å². The highest BCUT2D eigenvalue weighted by Crippen LogP contribution is 2.33. The van der Waals surface area contributed by atoms with Gasteiger partial charge in [0.25, 0.3) is 10.0 Å². The van der Waals surface area contributed by atoms with Crippen LogP contribution in [0.5, 0.6) is 0 Å². The van der Waals surface area contributed by atoms with Gasteiger partial charge in [-0.1, -0.05) is 11.6 Å². The highest BCUT2D eigenvalue weighted by molar-refractivity contribution is 8.01. The molecule has 1 saturated heterocycles. The van der Waals surface area contributed by atoms with E-state index in [4.69, 9.17) is 11.6 Å². The van der Waals surface area contributed by atoms with Crippen LogP contribution in [0.25, 0.3) is 0 Å². The Morgan fingerprint density at radius 1 is 1.48 bits per heavy atom. The van der Waals surface area contributed by atoms with Crippen molar-refractivity contribution in [3.8, 4) is 0 Å². The van der Waals surface area contributed by atoms with Crippen LogP contribution in [-0.4, -0.2) is 47.8 Å². The third kappa shape index (κ3) is 4.37. The molecule has 25 heavy (non-hydrogen) atoms. The molecule has 1 amide bonds. The fourth-order valence-corrected chi connectivity index (χ4v) is 7.79. The first-order valence-corrected chi connectivity index (χ1v) is 12.1. The van der Waals surface area contributed by atoms with E-state index in [9.17, 15) is 13.2 Å². The molecule has 1 aliphatic rings. The lowest BCUT2D eigenvalue weighted by molar-refractivity contribution is -0.123. The van der Waals surface area contributed by atoms with E-state index in [2.05, 4.69) is 10.3 Å². The van der Waals surface area contributed by atoms with Gasteiger partial charge in [-0.15, -0.1) is 34.4 Å². The van der Waals surface area contributed by atoms with Gasteiger partial charge in [-0.2, -0.15) is 4.31 Å². The van der Waals surface area contributed by atoms with E-state index in [0.717, 1.165) is 22.0 Å². The topological polar surface area (TPSA) is 79.4 Å². The van der Waals surface area contributed by atoms with Gasteiger partial charge in [-0.05, 0) is 19.1 Å². The van der Waals surface area contributed by atoms with E-state index in [-0.39, 0.29) is 16.0 Å². The summed E-state index contributed by atoms with van der Waals surface area (Å²) < 4.78 is 27.3. The average Bonchev–Trinajstić information content (AvgIpc) is 3.27. The Morgan fingerprint density at radius 3 is 2.92 bits per heavy atom. The molecule has 0 spiro atoms. The van der Waals surface area contributed by atoms with Gasteiger partial charge < -0.3 is 5.32 Å². The molecule has 11 heteroatoms. The summed E-state index contributed by atoms with van der Waals surface area (Å²) in [5.41, 5.74) is 0.932. The molecule has 0 radical (unpaired) electrons. The van der Waals surface area contributed by atoms with Crippen molar-refractivity contribution in [1.82, 2.24) is 14.6 Å². The number of thiophene rings is 1. The molecule has 0 unspecified atom stereocenters. The van der Waals surface area contributed by atoms with Gasteiger partial charge in [0.1, 0.15) is 10.3 Å². The normalized spacial score (nSPS) is 18.6. The Balaban J connectivity index is 1.63. The number of aromatic nitrogens is 1. The number of hydrogen-bond donors (Lipinski definition) is 1. The summed E-state index contributed by atoms with van der Waals surface area (Å²) >= 11 is 9.84. The molecule has 1 atom stereocenters. The quantitative estimate of drug-likeness (QED) is 0.751. The van der Waals surface area contributed by atoms with Crippen LogP contribution >= 0.6 is 46.0 Å². The second-order valence-electron chi connectivity index (χ2n) is 5.37. The van der Waals surface area contributed by atoms with Crippen LogP contribution in [0.1, 0.15) is 10.7 Å². The Kier molecular flexibility index (Phi) is 6.07. The van der Waals surface area contributed by atoms with Crippen LogP contribution in [-0.2, 0) is 21.2 Å². The summed E-state index contributed by atoms with van der Waals surface area (Å²) in [5, 5.41) is 5.77. The van der Waals surface area contributed by atoms with E-state index in [1.807, 2.05) is 12.3 Å². The standard InChI is InChI=1S/C14H16ClN3O3S4/c1-9-17-10(6-23-9)4-5-16-14(19)11-7-22-8-18(11)25(20,21)13-3-2-12(15)24-13/h2-3,6,11H,4-5,7-8H2,1H3,(H,16,19)/t11-/m1/s1. The maximum atomic E-state index is 12.7. The van der Waals surface area contributed by atoms with Gasteiger partial charge in [0.2, 0.25) is 5.91 Å². The maximum absolute atomic E-state index is 12.7. The summed E-state index contributed by atoms with van der Waals surface area (Å²) in [6, 6.07) is 2.33. The number of amides is 1. The molecule has 0 bridgehead atoms. The molecule has 1 N–H and O–H groups in total. The van der Waals surface area contributed by atoms with Crippen molar-refractivity contribution in [1.29, 1.82) is 0 Å². The minimum absolute atomic E-state index is 0.163. The minimum Gasteiger partial charge on any atom is -0.354 e. The zero-order valence-electron chi connectivity index (χ0n) is 13.3. The number of nitrogens with one attached hydrogen (secondary N) is 1. The van der Waals surface area contributed by atoms with E-state index in [0.29, 0.717) is 23.1 Å². The van der Waals surface area contributed by atoms with Crippen molar-refractivity contribution in [2.24, 2.45) is 0 Å². The number of carbonyl (C=O) groups is 1. The predicted molar refractivity (Wildman–Crippen MR) is 103 cm³/mol. The SMILES string of the molecule is Cc1nc(CCNC(=O)[C@H]2CSCN2S(=O)(=O)c2ccc(Cl)s2)cs1. The number of carbonyl (C=O) groups excluding carboxylic acids is 1. The van der Waals surface area contributed by atoms with Gasteiger partial charge in [0, 0.05) is 24.1 Å². The number of sulfonamides is 1. The summed E-state index contributed by atoms with van der Waals surface area (Å²) in [6.07, 6.45) is 0.628. The smallest absolute Gasteiger partial charge is 0.254 e. The Labute approximate surface area is 163 Å². The summed E-state index contributed by atoms with van der Waals surface area (Å²) in [4.78, 5) is 16.8. The Morgan fingerprint density at radius 2 is 2.28 bits per heavy atom. The highest BCUT2D eigenvalue weighted by atomic mass is 35.5. The number of rotatable bonds is 6. The van der Waals surface area contributed by atoms with E-state index < -0.39 is 16.1 Å². The van der Waals surface area contributed by atoms with Crippen LogP contribution in [0.15, 0.2) is 21.7 Å². The maximum Gasteiger partial charge on any atom is 0.254 e. The fraction of sp³-hybridized carbons (Fsp3) is 0.429. The first-order valence-electron chi connectivity index (χ1n) is 7.41. The van der Waals surface area contributed by atoms with Crippen molar-refractivity contribution in [3.05, 3.63) is 32.6 Å². The predicted octanol–water partition coefficient (Wildman–Crippen LogP) is 2.59. The van der Waals surface area contributed by atoms with Crippen molar-refractivity contribution in [2.75, 3.05) is 18.2 Å². The molecule has 0 aliphatic carbocycles. The van der Waals surface area contributed by atoms with Crippen LogP contribution in [0, 0.1) is 6.92 Å². The first kappa shape index (κ1) is 19.1. The third-order valence-electron chi connectivity index (χ3n) is 3.60. The Bertz CT molecular complexity index is 864. The molecule has 2 aromatic rings. The van der Waals surface area contributed by atoms with Crippen LogP contribution in [0.2, 0.25) is 4.34 Å². The van der Waals surface area contributed by atoms with Crippen molar-refractivity contribution in [2.45, 2.75) is 23.6 Å². The molecule has 0 aromatic carbocycles. The summed E-state index contributed by atoms with van der Waals surface area (Å²) in [5.74, 6) is 0.435.